The van der Waals surface area contributed by atoms with Crippen LogP contribution in [-0.2, 0) is 16.1 Å². The fourth-order valence-corrected chi connectivity index (χ4v) is 4.79. The smallest absolute Gasteiger partial charge is 0.314 e. The highest BCUT2D eigenvalue weighted by molar-refractivity contribution is 5.79. The molecule has 210 valence electrons. The summed E-state index contributed by atoms with van der Waals surface area (Å²) < 4.78 is 26.5. The van der Waals surface area contributed by atoms with Crippen LogP contribution in [0, 0.1) is 11.2 Å². The Bertz CT molecular complexity index is 1460. The molecule has 40 heavy (non-hydrogen) atoms. The molecule has 5 rings (SSSR count). The van der Waals surface area contributed by atoms with Crippen molar-refractivity contribution >= 4 is 28.9 Å². The van der Waals surface area contributed by atoms with Crippen molar-refractivity contribution in [2.24, 2.45) is 5.41 Å². The first-order valence-corrected chi connectivity index (χ1v) is 13.5. The highest BCUT2D eigenvalue weighted by Gasteiger charge is 2.27. The number of benzene rings is 2. The van der Waals surface area contributed by atoms with Gasteiger partial charge >= 0.3 is 5.97 Å². The number of imidazole rings is 1. The SMILES string of the molecule is CN(c1nccc(OCOC(=O)C(C)(C)C)n1)C1CCN(c2nc3ccccc3n2Cc2ccc(F)cc2)CC1. The highest BCUT2D eigenvalue weighted by atomic mass is 19.1. The number of anilines is 2. The number of ether oxygens (including phenoxy) is 2. The van der Waals surface area contributed by atoms with Crippen molar-refractivity contribution in [3.05, 3.63) is 72.2 Å². The van der Waals surface area contributed by atoms with Gasteiger partial charge in [0.25, 0.3) is 0 Å². The average Bonchev–Trinajstić information content (AvgIpc) is 3.32. The van der Waals surface area contributed by atoms with Gasteiger partial charge in [-0.15, -0.1) is 0 Å². The maximum absolute atomic E-state index is 13.5. The molecule has 0 aliphatic carbocycles. The summed E-state index contributed by atoms with van der Waals surface area (Å²) in [7, 11) is 1.99. The molecule has 0 spiro atoms. The van der Waals surface area contributed by atoms with Crippen LogP contribution in [0.25, 0.3) is 11.0 Å². The van der Waals surface area contributed by atoms with Crippen LogP contribution in [0.15, 0.2) is 60.8 Å². The largest absolute Gasteiger partial charge is 0.440 e. The van der Waals surface area contributed by atoms with Crippen molar-refractivity contribution < 1.29 is 18.7 Å². The lowest BCUT2D eigenvalue weighted by atomic mass is 9.98. The number of carbonyl (C=O) groups is 1. The third kappa shape index (κ3) is 6.16. The predicted molar refractivity (Wildman–Crippen MR) is 152 cm³/mol. The number of hydrogen-bond donors (Lipinski definition) is 0. The van der Waals surface area contributed by atoms with E-state index >= 15 is 0 Å². The molecule has 0 N–H and O–H groups in total. The first kappa shape index (κ1) is 27.4. The van der Waals surface area contributed by atoms with E-state index in [-0.39, 0.29) is 24.6 Å². The quantitative estimate of drug-likeness (QED) is 0.224. The van der Waals surface area contributed by atoms with Gasteiger partial charge in [-0.05, 0) is 63.4 Å². The van der Waals surface area contributed by atoms with E-state index in [2.05, 4.69) is 30.4 Å². The van der Waals surface area contributed by atoms with Gasteiger partial charge in [-0.25, -0.2) is 14.4 Å². The van der Waals surface area contributed by atoms with Gasteiger partial charge in [0.2, 0.25) is 24.6 Å². The third-order valence-electron chi connectivity index (χ3n) is 7.13. The Labute approximate surface area is 233 Å². The molecule has 2 aromatic carbocycles. The van der Waals surface area contributed by atoms with E-state index in [4.69, 9.17) is 14.5 Å². The van der Waals surface area contributed by atoms with Crippen LogP contribution in [0.1, 0.15) is 39.2 Å². The van der Waals surface area contributed by atoms with Crippen LogP contribution in [-0.4, -0.2) is 58.5 Å². The van der Waals surface area contributed by atoms with E-state index < -0.39 is 5.41 Å². The molecular weight excluding hydrogens is 511 g/mol. The summed E-state index contributed by atoms with van der Waals surface area (Å²) in [6.07, 6.45) is 3.44. The number of para-hydroxylation sites is 2. The molecule has 1 fully saturated rings. The van der Waals surface area contributed by atoms with Crippen LogP contribution >= 0.6 is 0 Å². The molecule has 0 saturated carbocycles. The van der Waals surface area contributed by atoms with Crippen LogP contribution < -0.4 is 14.5 Å². The van der Waals surface area contributed by atoms with Crippen LogP contribution in [0.3, 0.4) is 0 Å². The van der Waals surface area contributed by atoms with Gasteiger partial charge in [-0.2, -0.15) is 4.98 Å². The molecule has 0 amide bonds. The number of nitrogens with zero attached hydrogens (tertiary/aromatic N) is 6. The van der Waals surface area contributed by atoms with Gasteiger partial charge < -0.3 is 23.8 Å². The second-order valence-electron chi connectivity index (χ2n) is 11.1. The molecule has 2 aromatic heterocycles. The summed E-state index contributed by atoms with van der Waals surface area (Å²) >= 11 is 0. The Morgan fingerprint density at radius 3 is 2.50 bits per heavy atom. The monoisotopic (exact) mass is 546 g/mol. The summed E-state index contributed by atoms with van der Waals surface area (Å²) in [5.41, 5.74) is 2.42. The van der Waals surface area contributed by atoms with Crippen LogP contribution in [0.2, 0.25) is 0 Å². The zero-order chi connectivity index (χ0) is 28.3. The number of carbonyl (C=O) groups excluding carboxylic acids is 1. The first-order chi connectivity index (χ1) is 19.2. The van der Waals surface area contributed by atoms with E-state index in [1.807, 2.05) is 37.4 Å². The Balaban J connectivity index is 1.24. The second kappa shape index (κ2) is 11.5. The number of hydrogen-bond acceptors (Lipinski definition) is 8. The minimum Gasteiger partial charge on any atom is -0.440 e. The molecule has 3 heterocycles. The minimum atomic E-state index is -0.597. The van der Waals surface area contributed by atoms with Crippen molar-refractivity contribution in [2.45, 2.75) is 46.2 Å². The molecule has 0 atom stereocenters. The lowest BCUT2D eigenvalue weighted by Crippen LogP contribution is -2.44. The normalized spacial score (nSPS) is 14.4. The van der Waals surface area contributed by atoms with Crippen molar-refractivity contribution in [3.63, 3.8) is 0 Å². The number of rotatable bonds is 8. The Morgan fingerprint density at radius 1 is 1.05 bits per heavy atom. The fourth-order valence-electron chi connectivity index (χ4n) is 4.79. The highest BCUT2D eigenvalue weighted by Crippen LogP contribution is 2.28. The average molecular weight is 547 g/mol. The van der Waals surface area contributed by atoms with Gasteiger partial charge in [-0.3, -0.25) is 4.79 Å². The number of esters is 1. The third-order valence-corrected chi connectivity index (χ3v) is 7.13. The first-order valence-electron chi connectivity index (χ1n) is 13.5. The molecular formula is C30H35FN6O3. The van der Waals surface area contributed by atoms with Gasteiger partial charge in [0.05, 0.1) is 23.0 Å². The lowest BCUT2D eigenvalue weighted by molar-refractivity contribution is -0.159. The molecule has 0 unspecified atom stereocenters. The Hall–Kier alpha value is -4.21. The van der Waals surface area contributed by atoms with E-state index in [9.17, 15) is 9.18 Å². The van der Waals surface area contributed by atoms with Gasteiger partial charge in [-0.1, -0.05) is 24.3 Å². The molecule has 1 aliphatic heterocycles. The summed E-state index contributed by atoms with van der Waals surface area (Å²) in [6, 6.07) is 16.6. The number of halogens is 1. The maximum atomic E-state index is 13.5. The van der Waals surface area contributed by atoms with Crippen molar-refractivity contribution in [1.29, 1.82) is 0 Å². The van der Waals surface area contributed by atoms with Crippen molar-refractivity contribution in [3.8, 4) is 5.88 Å². The fraction of sp³-hybridized carbons (Fsp3) is 0.400. The molecule has 10 heteroatoms. The zero-order valence-electron chi connectivity index (χ0n) is 23.4. The minimum absolute atomic E-state index is 0.201. The summed E-state index contributed by atoms with van der Waals surface area (Å²) in [5, 5.41) is 0. The zero-order valence-corrected chi connectivity index (χ0v) is 23.4. The summed E-state index contributed by atoms with van der Waals surface area (Å²) in [6.45, 7) is 7.43. The van der Waals surface area contributed by atoms with Crippen LogP contribution in [0.5, 0.6) is 5.88 Å². The van der Waals surface area contributed by atoms with E-state index in [1.54, 1.807) is 33.0 Å². The molecule has 4 aromatic rings. The maximum Gasteiger partial charge on any atom is 0.314 e. The van der Waals surface area contributed by atoms with E-state index in [1.165, 1.54) is 12.1 Å². The molecule has 0 radical (unpaired) electrons. The van der Waals surface area contributed by atoms with Gasteiger partial charge in [0, 0.05) is 38.4 Å². The summed E-state index contributed by atoms with van der Waals surface area (Å²) in [4.78, 5) is 30.3. The van der Waals surface area contributed by atoms with Gasteiger partial charge in [0.15, 0.2) is 0 Å². The topological polar surface area (TPSA) is 85.6 Å². The molecule has 1 saturated heterocycles. The van der Waals surface area contributed by atoms with E-state index in [0.717, 1.165) is 48.5 Å². The number of fused-ring (bicyclic) bond motifs is 1. The van der Waals surface area contributed by atoms with Crippen molar-refractivity contribution in [1.82, 2.24) is 19.5 Å². The molecule has 1 aliphatic rings. The second-order valence-corrected chi connectivity index (χ2v) is 11.1. The molecule has 9 nitrogen and oxygen atoms in total. The predicted octanol–water partition coefficient (Wildman–Crippen LogP) is 5.04. The van der Waals surface area contributed by atoms with Crippen molar-refractivity contribution in [2.75, 3.05) is 36.7 Å². The summed E-state index contributed by atoms with van der Waals surface area (Å²) in [5.74, 6) is 1.25. The number of aromatic nitrogens is 4. The van der Waals surface area contributed by atoms with Crippen LogP contribution in [0.4, 0.5) is 16.3 Å². The molecule has 0 bridgehead atoms. The number of piperidine rings is 1. The van der Waals surface area contributed by atoms with Gasteiger partial charge in [0.1, 0.15) is 5.82 Å². The lowest BCUT2D eigenvalue weighted by Gasteiger charge is -2.37. The Kier molecular flexibility index (Phi) is 7.86. The standard InChI is InChI=1S/C30H35FN6O3/c1-30(2,3)27(38)40-20-39-26-13-16-32-28(34-26)35(4)23-14-17-36(18-15-23)29-33-24-7-5-6-8-25(24)37(29)19-21-9-11-22(31)12-10-21/h5-13,16,23H,14-15,17-20H2,1-4H3. The van der Waals surface area contributed by atoms with E-state index in [0.29, 0.717) is 18.4 Å². The Morgan fingerprint density at radius 2 is 1.77 bits per heavy atom.